The van der Waals surface area contributed by atoms with Crippen LogP contribution in [0.5, 0.6) is 0 Å². The van der Waals surface area contributed by atoms with Crippen molar-refractivity contribution in [2.45, 2.75) is 0 Å². The third-order valence-electron chi connectivity index (χ3n) is 1.84. The molecule has 13 heavy (non-hydrogen) atoms. The molecule has 0 saturated carbocycles. The van der Waals surface area contributed by atoms with E-state index >= 15 is 0 Å². The number of fused-ring (bicyclic) bond motifs is 1. The Labute approximate surface area is 81.3 Å². The topological polar surface area (TPSA) is 58.9 Å². The summed E-state index contributed by atoms with van der Waals surface area (Å²) in [6.07, 6.45) is 1.83. The summed E-state index contributed by atoms with van der Waals surface area (Å²) in [6, 6.07) is 7.23. The van der Waals surface area contributed by atoms with Gasteiger partial charge < -0.3 is 10.7 Å². The quantitative estimate of drug-likeness (QED) is 0.717. The van der Waals surface area contributed by atoms with E-state index in [2.05, 4.69) is 4.98 Å². The van der Waals surface area contributed by atoms with Crippen molar-refractivity contribution in [3.05, 3.63) is 36.0 Å². The van der Waals surface area contributed by atoms with Crippen LogP contribution in [0.4, 0.5) is 0 Å². The van der Waals surface area contributed by atoms with Crippen molar-refractivity contribution in [2.24, 2.45) is 5.73 Å². The Balaban J connectivity index is 0.000000845. The van der Waals surface area contributed by atoms with Crippen LogP contribution in [0.15, 0.2) is 30.5 Å². The summed E-state index contributed by atoms with van der Waals surface area (Å²) in [5.41, 5.74) is 6.68. The lowest BCUT2D eigenvalue weighted by Gasteiger charge is -1.94. The van der Waals surface area contributed by atoms with Crippen LogP contribution in [-0.2, 0) is 0 Å². The second-order valence-electron chi connectivity index (χ2n) is 2.64. The number of nitrogens with two attached hydrogens (primary N) is 1. The molecule has 1 aromatic carbocycles. The zero-order chi connectivity index (χ0) is 8.55. The Morgan fingerprint density at radius 2 is 2.08 bits per heavy atom. The molecule has 0 atom stereocenters. The molecular weight excluding hydrogens is 188 g/mol. The average Bonchev–Trinajstić information content (AvgIpc) is 2.49. The first kappa shape index (κ1) is 9.61. The first-order valence-corrected chi connectivity index (χ1v) is 3.64. The normalized spacial score (nSPS) is 9.54. The third kappa shape index (κ3) is 1.65. The maximum absolute atomic E-state index is 10.8. The van der Waals surface area contributed by atoms with Crippen molar-refractivity contribution < 1.29 is 4.79 Å². The van der Waals surface area contributed by atoms with Crippen LogP contribution in [0.3, 0.4) is 0 Å². The van der Waals surface area contributed by atoms with Gasteiger partial charge >= 0.3 is 0 Å². The fourth-order valence-electron chi connectivity index (χ4n) is 1.21. The number of rotatable bonds is 1. The molecule has 0 aliphatic carbocycles. The maximum Gasteiger partial charge on any atom is 0.248 e. The fraction of sp³-hybridized carbons (Fsp3) is 0. The Hall–Kier alpha value is -1.48. The van der Waals surface area contributed by atoms with Crippen molar-refractivity contribution in [1.82, 2.24) is 4.98 Å². The molecule has 68 valence electrons. The number of hydrogen-bond acceptors (Lipinski definition) is 1. The van der Waals surface area contributed by atoms with E-state index in [4.69, 9.17) is 5.73 Å². The van der Waals surface area contributed by atoms with E-state index in [0.717, 1.165) is 10.9 Å². The number of aromatic amines is 1. The van der Waals surface area contributed by atoms with Crippen molar-refractivity contribution in [1.29, 1.82) is 0 Å². The minimum Gasteiger partial charge on any atom is -0.366 e. The minimum atomic E-state index is -0.391. The van der Waals surface area contributed by atoms with Gasteiger partial charge in [-0.25, -0.2) is 0 Å². The van der Waals surface area contributed by atoms with Crippen molar-refractivity contribution in [3.8, 4) is 0 Å². The third-order valence-corrected chi connectivity index (χ3v) is 1.84. The number of primary amides is 1. The lowest BCUT2D eigenvalue weighted by molar-refractivity contribution is 0.100. The second kappa shape index (κ2) is 3.49. The van der Waals surface area contributed by atoms with Crippen LogP contribution in [0.1, 0.15) is 10.4 Å². The summed E-state index contributed by atoms with van der Waals surface area (Å²) in [7, 11) is 0. The molecule has 0 bridgehead atoms. The Bertz CT molecular complexity index is 436. The van der Waals surface area contributed by atoms with Gasteiger partial charge in [0.05, 0.1) is 0 Å². The molecule has 0 aliphatic heterocycles. The Morgan fingerprint density at radius 1 is 1.31 bits per heavy atom. The number of benzene rings is 1. The van der Waals surface area contributed by atoms with Gasteiger partial charge in [0.2, 0.25) is 5.91 Å². The molecule has 0 radical (unpaired) electrons. The highest BCUT2D eigenvalue weighted by atomic mass is 35.5. The molecule has 4 heteroatoms. The maximum atomic E-state index is 10.8. The zero-order valence-corrected chi connectivity index (χ0v) is 7.60. The molecule has 3 N–H and O–H groups in total. The molecule has 3 nitrogen and oxygen atoms in total. The van der Waals surface area contributed by atoms with Crippen LogP contribution in [0, 0.1) is 0 Å². The Morgan fingerprint density at radius 3 is 2.77 bits per heavy atom. The van der Waals surface area contributed by atoms with Gasteiger partial charge in [0.25, 0.3) is 0 Å². The fourth-order valence-corrected chi connectivity index (χ4v) is 1.21. The molecule has 0 unspecified atom stereocenters. The van der Waals surface area contributed by atoms with Crippen LogP contribution >= 0.6 is 12.4 Å². The monoisotopic (exact) mass is 196 g/mol. The van der Waals surface area contributed by atoms with Gasteiger partial charge in [-0.1, -0.05) is 0 Å². The van der Waals surface area contributed by atoms with Crippen LogP contribution in [0.2, 0.25) is 0 Å². The number of aromatic nitrogens is 1. The predicted molar refractivity (Wildman–Crippen MR) is 54.1 cm³/mol. The van der Waals surface area contributed by atoms with E-state index in [-0.39, 0.29) is 12.4 Å². The highest BCUT2D eigenvalue weighted by molar-refractivity contribution is 5.96. The largest absolute Gasteiger partial charge is 0.366 e. The highest BCUT2D eigenvalue weighted by Gasteiger charge is 2.00. The molecule has 2 rings (SSSR count). The van der Waals surface area contributed by atoms with Crippen molar-refractivity contribution in [2.75, 3.05) is 0 Å². The number of halogens is 1. The molecular formula is C9H9ClN2O. The van der Waals surface area contributed by atoms with E-state index < -0.39 is 5.91 Å². The number of carbonyl (C=O) groups excluding carboxylic acids is 1. The number of nitrogens with one attached hydrogen (secondary N) is 1. The molecule has 0 aliphatic rings. The van der Waals surface area contributed by atoms with Gasteiger partial charge in [0.15, 0.2) is 0 Å². The van der Waals surface area contributed by atoms with E-state index in [1.54, 1.807) is 12.1 Å². The lowest BCUT2D eigenvalue weighted by atomic mass is 10.1. The van der Waals surface area contributed by atoms with Crippen molar-refractivity contribution in [3.63, 3.8) is 0 Å². The number of hydrogen-bond donors (Lipinski definition) is 2. The zero-order valence-electron chi connectivity index (χ0n) is 6.78. The SMILES string of the molecule is Cl.NC(=O)c1ccc2[nH]ccc2c1. The Kier molecular flexibility index (Phi) is 2.58. The summed E-state index contributed by atoms with van der Waals surface area (Å²) >= 11 is 0. The van der Waals surface area contributed by atoms with E-state index in [1.165, 1.54) is 0 Å². The summed E-state index contributed by atoms with van der Waals surface area (Å²) in [6.45, 7) is 0. The van der Waals surface area contributed by atoms with Crippen molar-refractivity contribution >= 4 is 29.2 Å². The molecule has 0 fully saturated rings. The summed E-state index contributed by atoms with van der Waals surface area (Å²) in [4.78, 5) is 13.8. The van der Waals surface area contributed by atoms with Gasteiger partial charge in [-0.05, 0) is 24.3 Å². The number of amides is 1. The molecule has 2 aromatic rings. The minimum absolute atomic E-state index is 0. The van der Waals surface area contributed by atoms with Crippen LogP contribution in [-0.4, -0.2) is 10.9 Å². The van der Waals surface area contributed by atoms with Gasteiger partial charge in [-0.3, -0.25) is 4.79 Å². The predicted octanol–water partition coefficient (Wildman–Crippen LogP) is 1.69. The number of H-pyrrole nitrogens is 1. The summed E-state index contributed by atoms with van der Waals surface area (Å²) < 4.78 is 0. The smallest absolute Gasteiger partial charge is 0.248 e. The van der Waals surface area contributed by atoms with E-state index in [1.807, 2.05) is 18.3 Å². The molecule has 0 saturated heterocycles. The average molecular weight is 197 g/mol. The molecule has 1 heterocycles. The lowest BCUT2D eigenvalue weighted by Crippen LogP contribution is -2.10. The molecule has 1 amide bonds. The standard InChI is InChI=1S/C9H8N2O.ClH/c10-9(12)7-1-2-8-6(5-7)3-4-11-8;/h1-5,11H,(H2,10,12);1H. The first-order valence-electron chi connectivity index (χ1n) is 3.64. The number of carbonyl (C=O) groups is 1. The summed E-state index contributed by atoms with van der Waals surface area (Å²) in [5.74, 6) is -0.391. The summed E-state index contributed by atoms with van der Waals surface area (Å²) in [5, 5.41) is 1.01. The van der Waals surface area contributed by atoms with Gasteiger partial charge in [-0.15, -0.1) is 12.4 Å². The second-order valence-corrected chi connectivity index (χ2v) is 2.64. The first-order chi connectivity index (χ1) is 5.77. The van der Waals surface area contributed by atoms with Crippen LogP contribution < -0.4 is 5.73 Å². The van der Waals surface area contributed by atoms with Gasteiger partial charge in [0.1, 0.15) is 0 Å². The highest BCUT2D eigenvalue weighted by Crippen LogP contribution is 2.13. The molecule has 0 spiro atoms. The molecule has 1 aromatic heterocycles. The van der Waals surface area contributed by atoms with Crippen LogP contribution in [0.25, 0.3) is 10.9 Å². The van der Waals surface area contributed by atoms with Gasteiger partial charge in [-0.2, -0.15) is 0 Å². The van der Waals surface area contributed by atoms with Gasteiger partial charge in [0, 0.05) is 22.7 Å². The van der Waals surface area contributed by atoms with E-state index in [9.17, 15) is 4.79 Å². The van der Waals surface area contributed by atoms with E-state index in [0.29, 0.717) is 5.56 Å².